The fourth-order valence-corrected chi connectivity index (χ4v) is 1.39. The van der Waals surface area contributed by atoms with Crippen LogP contribution in [0.1, 0.15) is 0 Å². The van der Waals surface area contributed by atoms with Crippen molar-refractivity contribution < 1.29 is 4.79 Å². The van der Waals surface area contributed by atoms with Gasteiger partial charge in [0.2, 0.25) is 0 Å². The molecule has 1 rings (SSSR count). The molecule has 1 aromatic rings. The topological polar surface area (TPSA) is 29.1 Å². The van der Waals surface area contributed by atoms with Gasteiger partial charge in [0.15, 0.2) is 5.62 Å². The van der Waals surface area contributed by atoms with Crippen LogP contribution >= 0.6 is 11.8 Å². The number of thioether (sulfide) groups is 1. The van der Waals surface area contributed by atoms with E-state index in [0.717, 1.165) is 16.2 Å². The van der Waals surface area contributed by atoms with Crippen LogP contribution in [0.25, 0.3) is 0 Å². The lowest BCUT2D eigenvalue weighted by Gasteiger charge is -2.03. The molecule has 0 saturated heterocycles. The Balaban J connectivity index is 2.92. The summed E-state index contributed by atoms with van der Waals surface area (Å²) in [5.41, 5.74) is 1.82. The highest BCUT2D eigenvalue weighted by molar-refractivity contribution is 8.12. The first-order valence-electron chi connectivity index (χ1n) is 3.25. The minimum absolute atomic E-state index is 0.830. The van der Waals surface area contributed by atoms with Crippen molar-refractivity contribution in [3.8, 4) is 0 Å². The van der Waals surface area contributed by atoms with Gasteiger partial charge in [0.05, 0.1) is 0 Å². The number of hydrogen-bond donors (Lipinski definition) is 1. The summed E-state index contributed by atoms with van der Waals surface area (Å²) in [4.78, 5) is 11.1. The van der Waals surface area contributed by atoms with Gasteiger partial charge >= 0.3 is 0 Å². The number of carbonyl (C=O) groups excluding carboxylic acids is 1. The van der Waals surface area contributed by atoms with Gasteiger partial charge in [-0.1, -0.05) is 23.9 Å². The SMILES string of the molecule is CNc1ccccc1SC=O. The van der Waals surface area contributed by atoms with Crippen LogP contribution < -0.4 is 5.32 Å². The number of benzene rings is 1. The Morgan fingerprint density at radius 2 is 2.18 bits per heavy atom. The highest BCUT2D eigenvalue weighted by Gasteiger charge is 1.97. The lowest BCUT2D eigenvalue weighted by Crippen LogP contribution is -1.89. The van der Waals surface area contributed by atoms with E-state index in [4.69, 9.17) is 0 Å². The number of carbonyl (C=O) groups is 1. The largest absolute Gasteiger partial charge is 0.387 e. The first-order valence-corrected chi connectivity index (χ1v) is 4.13. The number of para-hydroxylation sites is 1. The third-order valence-electron chi connectivity index (χ3n) is 1.33. The second-order valence-corrected chi connectivity index (χ2v) is 2.83. The van der Waals surface area contributed by atoms with Gasteiger partial charge < -0.3 is 5.32 Å². The molecule has 0 aliphatic rings. The number of hydrogen-bond acceptors (Lipinski definition) is 3. The molecular formula is C8H9NOS. The smallest absolute Gasteiger partial charge is 0.181 e. The number of anilines is 1. The molecule has 0 atom stereocenters. The van der Waals surface area contributed by atoms with Crippen LogP contribution in [0.5, 0.6) is 0 Å². The third-order valence-corrected chi connectivity index (χ3v) is 2.04. The molecule has 58 valence electrons. The van der Waals surface area contributed by atoms with Gasteiger partial charge in [0, 0.05) is 17.6 Å². The quantitative estimate of drug-likeness (QED) is 0.551. The minimum atomic E-state index is 0.830. The molecule has 0 bridgehead atoms. The van der Waals surface area contributed by atoms with Crippen molar-refractivity contribution in [1.29, 1.82) is 0 Å². The molecule has 0 fully saturated rings. The molecule has 0 aliphatic heterocycles. The molecule has 0 unspecified atom stereocenters. The molecule has 11 heavy (non-hydrogen) atoms. The molecule has 0 heterocycles. The van der Waals surface area contributed by atoms with Crippen LogP contribution in [0.2, 0.25) is 0 Å². The van der Waals surface area contributed by atoms with E-state index < -0.39 is 0 Å². The Morgan fingerprint density at radius 3 is 2.82 bits per heavy atom. The molecular weight excluding hydrogens is 158 g/mol. The predicted molar refractivity (Wildman–Crippen MR) is 48.6 cm³/mol. The Hall–Kier alpha value is -0.960. The van der Waals surface area contributed by atoms with Crippen molar-refractivity contribution in [2.24, 2.45) is 0 Å². The van der Waals surface area contributed by atoms with Gasteiger partial charge in [-0.25, -0.2) is 0 Å². The molecule has 0 radical (unpaired) electrons. The van der Waals surface area contributed by atoms with E-state index in [-0.39, 0.29) is 0 Å². The highest BCUT2D eigenvalue weighted by Crippen LogP contribution is 2.23. The van der Waals surface area contributed by atoms with Crippen LogP contribution in [0, 0.1) is 0 Å². The van der Waals surface area contributed by atoms with E-state index in [1.807, 2.05) is 31.3 Å². The maximum Gasteiger partial charge on any atom is 0.181 e. The fraction of sp³-hybridized carbons (Fsp3) is 0.125. The second kappa shape index (κ2) is 4.03. The Morgan fingerprint density at radius 1 is 1.45 bits per heavy atom. The normalized spacial score (nSPS) is 9.18. The zero-order valence-corrected chi connectivity index (χ0v) is 7.02. The Bertz CT molecular complexity index is 250. The van der Waals surface area contributed by atoms with E-state index in [9.17, 15) is 4.79 Å². The van der Waals surface area contributed by atoms with E-state index >= 15 is 0 Å². The van der Waals surface area contributed by atoms with E-state index in [1.165, 1.54) is 11.8 Å². The van der Waals surface area contributed by atoms with Crippen molar-refractivity contribution in [2.75, 3.05) is 12.4 Å². The van der Waals surface area contributed by atoms with E-state index in [0.29, 0.717) is 0 Å². The molecule has 1 aromatic carbocycles. The summed E-state index contributed by atoms with van der Waals surface area (Å²) in [6.45, 7) is 0. The van der Waals surface area contributed by atoms with E-state index in [1.54, 1.807) is 0 Å². The molecule has 0 aromatic heterocycles. The van der Waals surface area contributed by atoms with Gasteiger partial charge in [-0.2, -0.15) is 0 Å². The summed E-state index contributed by atoms with van der Waals surface area (Å²) in [6.07, 6.45) is 0. The number of nitrogens with one attached hydrogen (secondary N) is 1. The molecule has 0 amide bonds. The zero-order chi connectivity index (χ0) is 8.10. The molecule has 1 N–H and O–H groups in total. The summed E-state index contributed by atoms with van der Waals surface area (Å²) in [7, 11) is 1.84. The van der Waals surface area contributed by atoms with Gasteiger partial charge in [-0.15, -0.1) is 0 Å². The maximum absolute atomic E-state index is 10.2. The summed E-state index contributed by atoms with van der Waals surface area (Å²) in [5, 5.41) is 3.00. The van der Waals surface area contributed by atoms with Gasteiger partial charge in [0.25, 0.3) is 0 Å². The first kappa shape index (κ1) is 8.14. The van der Waals surface area contributed by atoms with Gasteiger partial charge in [-0.05, 0) is 12.1 Å². The van der Waals surface area contributed by atoms with Crippen LogP contribution in [0.4, 0.5) is 5.69 Å². The monoisotopic (exact) mass is 167 g/mol. The molecule has 0 spiro atoms. The van der Waals surface area contributed by atoms with Crippen molar-refractivity contribution >= 4 is 23.1 Å². The first-order chi connectivity index (χ1) is 5.38. The third kappa shape index (κ3) is 1.98. The van der Waals surface area contributed by atoms with Crippen molar-refractivity contribution in [1.82, 2.24) is 0 Å². The van der Waals surface area contributed by atoms with Crippen LogP contribution in [0.3, 0.4) is 0 Å². The minimum Gasteiger partial charge on any atom is -0.387 e. The standard InChI is InChI=1S/C8H9NOS/c1-9-7-4-2-3-5-8(7)11-6-10/h2-6,9H,1H3. The summed E-state index contributed by atoms with van der Waals surface area (Å²) in [5.74, 6) is 0. The molecule has 0 saturated carbocycles. The van der Waals surface area contributed by atoms with Gasteiger partial charge in [-0.3, -0.25) is 4.79 Å². The second-order valence-electron chi connectivity index (χ2n) is 1.96. The Kier molecular flexibility index (Phi) is 2.98. The molecule has 0 aliphatic carbocycles. The molecule has 2 nitrogen and oxygen atoms in total. The Labute approximate surface area is 70.0 Å². The van der Waals surface area contributed by atoms with Crippen molar-refractivity contribution in [3.63, 3.8) is 0 Å². The van der Waals surface area contributed by atoms with Gasteiger partial charge in [0.1, 0.15) is 0 Å². The van der Waals surface area contributed by atoms with E-state index in [2.05, 4.69) is 5.32 Å². The van der Waals surface area contributed by atoms with Crippen LogP contribution in [-0.2, 0) is 4.79 Å². The molecule has 3 heteroatoms. The number of rotatable bonds is 3. The predicted octanol–water partition coefficient (Wildman–Crippen LogP) is 2.01. The lowest BCUT2D eigenvalue weighted by molar-refractivity contribution is 0.570. The maximum atomic E-state index is 10.2. The van der Waals surface area contributed by atoms with Crippen LogP contribution in [-0.4, -0.2) is 12.7 Å². The summed E-state index contributed by atoms with van der Waals surface area (Å²) >= 11 is 1.18. The average molecular weight is 167 g/mol. The zero-order valence-electron chi connectivity index (χ0n) is 6.20. The summed E-state index contributed by atoms with van der Waals surface area (Å²) in [6, 6.07) is 7.68. The van der Waals surface area contributed by atoms with Crippen molar-refractivity contribution in [3.05, 3.63) is 24.3 Å². The fourth-order valence-electron chi connectivity index (χ4n) is 0.828. The highest BCUT2D eigenvalue weighted by atomic mass is 32.2. The lowest BCUT2D eigenvalue weighted by atomic mass is 10.3. The summed E-state index contributed by atoms with van der Waals surface area (Å²) < 4.78 is 0. The average Bonchev–Trinajstić information content (AvgIpc) is 2.06. The van der Waals surface area contributed by atoms with Crippen molar-refractivity contribution in [2.45, 2.75) is 4.90 Å². The van der Waals surface area contributed by atoms with Crippen LogP contribution in [0.15, 0.2) is 29.2 Å².